The second kappa shape index (κ2) is 11.6. The van der Waals surface area contributed by atoms with Crippen molar-refractivity contribution in [2.75, 3.05) is 0 Å². The highest BCUT2D eigenvalue weighted by atomic mass is 16.3. The molecule has 0 N–H and O–H groups in total. The summed E-state index contributed by atoms with van der Waals surface area (Å²) >= 11 is 0. The van der Waals surface area contributed by atoms with Crippen molar-refractivity contribution in [3.05, 3.63) is 101 Å². The van der Waals surface area contributed by atoms with Gasteiger partial charge in [-0.05, 0) is 94.5 Å². The highest BCUT2D eigenvalue weighted by Crippen LogP contribution is 2.15. The molecule has 4 heteroatoms. The first kappa shape index (κ1) is 22.9. The SMILES string of the molecule is C=Cc1ccc(/C=C\c2ccc(CC)o2)o1.Cc1ccc(C)o1.Cc1ccc(C)o1. The van der Waals surface area contributed by atoms with Crippen LogP contribution in [0.1, 0.15) is 53.0 Å². The Hall–Kier alpha value is -3.40. The van der Waals surface area contributed by atoms with Gasteiger partial charge in [-0.2, -0.15) is 0 Å². The number of hydrogen-bond donors (Lipinski definition) is 0. The van der Waals surface area contributed by atoms with Crippen LogP contribution in [0.15, 0.2) is 72.8 Å². The van der Waals surface area contributed by atoms with E-state index in [1.807, 2.05) is 88.4 Å². The number of furan rings is 4. The summed E-state index contributed by atoms with van der Waals surface area (Å²) in [5, 5.41) is 0. The van der Waals surface area contributed by atoms with Gasteiger partial charge in [0.1, 0.15) is 46.1 Å². The summed E-state index contributed by atoms with van der Waals surface area (Å²) in [6, 6.07) is 15.5. The van der Waals surface area contributed by atoms with E-state index in [0.717, 1.165) is 52.5 Å². The molecule has 0 bridgehead atoms. The number of rotatable bonds is 4. The summed E-state index contributed by atoms with van der Waals surface area (Å²) in [5.74, 6) is 7.34. The maximum Gasteiger partial charge on any atom is 0.127 e. The highest BCUT2D eigenvalue weighted by molar-refractivity contribution is 5.65. The van der Waals surface area contributed by atoms with E-state index in [0.29, 0.717) is 0 Å². The summed E-state index contributed by atoms with van der Waals surface area (Å²) in [7, 11) is 0. The quantitative estimate of drug-likeness (QED) is 0.344. The van der Waals surface area contributed by atoms with Crippen molar-refractivity contribution in [1.82, 2.24) is 0 Å². The smallest absolute Gasteiger partial charge is 0.127 e. The van der Waals surface area contributed by atoms with Gasteiger partial charge in [0.15, 0.2) is 0 Å². The number of hydrogen-bond acceptors (Lipinski definition) is 4. The molecule has 4 aromatic rings. The fourth-order valence-electron chi connectivity index (χ4n) is 2.52. The molecule has 0 saturated carbocycles. The van der Waals surface area contributed by atoms with Gasteiger partial charge in [-0.25, -0.2) is 0 Å². The number of aryl methyl sites for hydroxylation is 5. The molecule has 4 heterocycles. The Balaban J connectivity index is 0.000000188. The molecule has 0 aliphatic heterocycles. The van der Waals surface area contributed by atoms with Gasteiger partial charge >= 0.3 is 0 Å². The average Bonchev–Trinajstić information content (AvgIpc) is 3.51. The molecule has 0 aliphatic carbocycles. The van der Waals surface area contributed by atoms with Crippen LogP contribution < -0.4 is 0 Å². The lowest BCUT2D eigenvalue weighted by molar-refractivity contribution is 0.504. The molecule has 0 spiro atoms. The lowest BCUT2D eigenvalue weighted by Gasteiger charge is -1.87. The third-order valence-electron chi connectivity index (χ3n) is 4.04. The minimum atomic E-state index is 0.772. The molecular formula is C26H30O4. The van der Waals surface area contributed by atoms with Gasteiger partial charge in [-0.1, -0.05) is 13.5 Å². The summed E-state index contributed by atoms with van der Waals surface area (Å²) in [4.78, 5) is 0. The summed E-state index contributed by atoms with van der Waals surface area (Å²) < 4.78 is 21.1. The Morgan fingerprint density at radius 3 is 1.37 bits per heavy atom. The third kappa shape index (κ3) is 7.92. The summed E-state index contributed by atoms with van der Waals surface area (Å²) in [6.07, 6.45) is 6.37. The Bertz CT molecular complexity index is 981. The second-order valence-electron chi connectivity index (χ2n) is 6.75. The molecule has 0 unspecified atom stereocenters. The molecule has 4 rings (SSSR count). The Morgan fingerprint density at radius 1 is 0.600 bits per heavy atom. The zero-order valence-corrected chi connectivity index (χ0v) is 18.4. The van der Waals surface area contributed by atoms with Crippen LogP contribution >= 0.6 is 0 Å². The van der Waals surface area contributed by atoms with Crippen molar-refractivity contribution in [3.8, 4) is 0 Å². The lowest BCUT2D eigenvalue weighted by Crippen LogP contribution is -1.69. The van der Waals surface area contributed by atoms with Crippen LogP contribution in [0.2, 0.25) is 0 Å². The van der Waals surface area contributed by atoms with Crippen LogP contribution in [0.3, 0.4) is 0 Å². The molecule has 0 fully saturated rings. The fourth-order valence-corrected chi connectivity index (χ4v) is 2.52. The predicted molar refractivity (Wildman–Crippen MR) is 122 cm³/mol. The van der Waals surface area contributed by atoms with Gasteiger partial charge in [0.05, 0.1) is 0 Å². The van der Waals surface area contributed by atoms with Crippen LogP contribution in [0.4, 0.5) is 0 Å². The van der Waals surface area contributed by atoms with E-state index in [1.54, 1.807) is 6.08 Å². The zero-order valence-electron chi connectivity index (χ0n) is 18.4. The monoisotopic (exact) mass is 406 g/mol. The van der Waals surface area contributed by atoms with Crippen LogP contribution in [-0.4, -0.2) is 0 Å². The largest absolute Gasteiger partial charge is 0.467 e. The van der Waals surface area contributed by atoms with Crippen LogP contribution in [0, 0.1) is 27.7 Å². The summed E-state index contributed by atoms with van der Waals surface area (Å²) in [6.45, 7) is 13.5. The van der Waals surface area contributed by atoms with Gasteiger partial charge in [0, 0.05) is 6.42 Å². The molecule has 0 amide bonds. The minimum Gasteiger partial charge on any atom is -0.467 e. The molecule has 158 valence electrons. The van der Waals surface area contributed by atoms with Gasteiger partial charge in [0.25, 0.3) is 0 Å². The zero-order chi connectivity index (χ0) is 21.9. The molecule has 0 saturated heterocycles. The van der Waals surface area contributed by atoms with Gasteiger partial charge in [-0.3, -0.25) is 0 Å². The fraction of sp³-hybridized carbons (Fsp3) is 0.231. The van der Waals surface area contributed by atoms with Gasteiger partial charge < -0.3 is 17.7 Å². The lowest BCUT2D eigenvalue weighted by atomic mass is 10.3. The Morgan fingerprint density at radius 2 is 1.03 bits per heavy atom. The van der Waals surface area contributed by atoms with E-state index in [4.69, 9.17) is 17.7 Å². The maximum atomic E-state index is 5.54. The first-order chi connectivity index (χ1) is 14.4. The minimum absolute atomic E-state index is 0.772. The maximum absolute atomic E-state index is 5.54. The van der Waals surface area contributed by atoms with Crippen LogP contribution in [-0.2, 0) is 6.42 Å². The van der Waals surface area contributed by atoms with Gasteiger partial charge in [-0.15, -0.1) is 0 Å². The Labute approximate surface area is 178 Å². The molecule has 4 aromatic heterocycles. The van der Waals surface area contributed by atoms with E-state index in [1.165, 1.54) is 0 Å². The van der Waals surface area contributed by atoms with E-state index in [-0.39, 0.29) is 0 Å². The van der Waals surface area contributed by atoms with Crippen molar-refractivity contribution in [2.45, 2.75) is 41.0 Å². The van der Waals surface area contributed by atoms with Crippen molar-refractivity contribution >= 4 is 18.2 Å². The molecule has 4 nitrogen and oxygen atoms in total. The van der Waals surface area contributed by atoms with Crippen LogP contribution in [0.25, 0.3) is 18.2 Å². The first-order valence-electron chi connectivity index (χ1n) is 9.94. The molecule has 30 heavy (non-hydrogen) atoms. The Kier molecular flexibility index (Phi) is 8.82. The normalized spacial score (nSPS) is 10.3. The molecule has 0 radical (unpaired) electrons. The van der Waals surface area contributed by atoms with E-state index in [9.17, 15) is 0 Å². The summed E-state index contributed by atoms with van der Waals surface area (Å²) in [5.41, 5.74) is 0. The van der Waals surface area contributed by atoms with Crippen molar-refractivity contribution in [3.63, 3.8) is 0 Å². The third-order valence-corrected chi connectivity index (χ3v) is 4.04. The molecule has 0 aromatic carbocycles. The van der Waals surface area contributed by atoms with Crippen molar-refractivity contribution in [1.29, 1.82) is 0 Å². The standard InChI is InChI=1S/C14H14O2.2C6H8O/c1-3-11-5-7-13(15-11)9-10-14-8-6-12(4-2)16-14;2*1-5-3-4-6(2)7-5/h3,5-10H,1,4H2,2H3;2*3-4H,1-2H3/b10-9-;;. The average molecular weight is 407 g/mol. The second-order valence-corrected chi connectivity index (χ2v) is 6.75. The van der Waals surface area contributed by atoms with E-state index in [2.05, 4.69) is 13.5 Å². The van der Waals surface area contributed by atoms with E-state index >= 15 is 0 Å². The van der Waals surface area contributed by atoms with Crippen LogP contribution in [0.5, 0.6) is 0 Å². The predicted octanol–water partition coefficient (Wildman–Crippen LogP) is 8.04. The molecule has 0 aliphatic rings. The highest BCUT2D eigenvalue weighted by Gasteiger charge is 1.98. The molecular weight excluding hydrogens is 376 g/mol. The van der Waals surface area contributed by atoms with Crippen molar-refractivity contribution < 1.29 is 17.7 Å². The topological polar surface area (TPSA) is 52.6 Å². The first-order valence-corrected chi connectivity index (χ1v) is 9.94. The van der Waals surface area contributed by atoms with Gasteiger partial charge in [0.2, 0.25) is 0 Å². The van der Waals surface area contributed by atoms with E-state index < -0.39 is 0 Å². The van der Waals surface area contributed by atoms with Crippen molar-refractivity contribution in [2.24, 2.45) is 0 Å². The molecule has 0 atom stereocenters.